The quantitative estimate of drug-likeness (QED) is 0.816. The van der Waals surface area contributed by atoms with Gasteiger partial charge in [-0.2, -0.15) is 0 Å². The van der Waals surface area contributed by atoms with Crippen molar-refractivity contribution < 1.29 is 9.90 Å². The maximum atomic E-state index is 12.1. The number of carbonyl (C=O) groups is 1. The number of aromatic nitrogens is 1. The van der Waals surface area contributed by atoms with Gasteiger partial charge in [-0.15, -0.1) is 0 Å². The van der Waals surface area contributed by atoms with Crippen molar-refractivity contribution in [2.24, 2.45) is 5.92 Å². The summed E-state index contributed by atoms with van der Waals surface area (Å²) >= 11 is 0. The first kappa shape index (κ1) is 12.8. The summed E-state index contributed by atoms with van der Waals surface area (Å²) in [7, 11) is 0. The smallest absolute Gasteiger partial charge is 0.272 e. The fourth-order valence-electron chi connectivity index (χ4n) is 2.28. The normalized spacial score (nSPS) is 18.7. The Morgan fingerprint density at radius 2 is 2.17 bits per heavy atom. The fourth-order valence-corrected chi connectivity index (χ4v) is 2.28. The molecule has 1 aromatic rings. The molecule has 2 heterocycles. The summed E-state index contributed by atoms with van der Waals surface area (Å²) in [5, 5.41) is 9.52. The number of aliphatic hydroxyl groups is 1. The molecule has 1 amide bonds. The predicted octanol–water partition coefficient (Wildman–Crippen LogP) is 0.897. The van der Waals surface area contributed by atoms with Crippen LogP contribution >= 0.6 is 0 Å². The predicted molar refractivity (Wildman–Crippen MR) is 69.0 cm³/mol. The molecule has 1 saturated heterocycles. The molecular formula is C13H19N3O2. The largest absolute Gasteiger partial charge is 0.397 e. The molecule has 1 aromatic heterocycles. The van der Waals surface area contributed by atoms with Crippen LogP contribution in [0.3, 0.4) is 0 Å². The van der Waals surface area contributed by atoms with Gasteiger partial charge in [0.2, 0.25) is 0 Å². The zero-order chi connectivity index (χ0) is 13.1. The molecule has 0 radical (unpaired) electrons. The number of nitrogens with two attached hydrogens (primary N) is 1. The lowest BCUT2D eigenvalue weighted by Gasteiger charge is -2.33. The van der Waals surface area contributed by atoms with Crippen molar-refractivity contribution in [3.8, 4) is 0 Å². The van der Waals surface area contributed by atoms with Crippen molar-refractivity contribution in [1.82, 2.24) is 9.88 Å². The van der Waals surface area contributed by atoms with Crippen LogP contribution in [0, 0.1) is 5.92 Å². The zero-order valence-corrected chi connectivity index (χ0v) is 10.5. The fraction of sp³-hybridized carbons (Fsp3) is 0.538. The van der Waals surface area contributed by atoms with E-state index in [1.165, 1.54) is 6.20 Å². The second-order valence-electron chi connectivity index (χ2n) is 4.85. The van der Waals surface area contributed by atoms with Gasteiger partial charge in [-0.1, -0.05) is 0 Å². The van der Waals surface area contributed by atoms with E-state index in [1.807, 2.05) is 6.92 Å². The first-order valence-corrected chi connectivity index (χ1v) is 6.27. The summed E-state index contributed by atoms with van der Waals surface area (Å²) in [6.07, 6.45) is 2.89. The first-order valence-electron chi connectivity index (χ1n) is 6.27. The molecule has 3 N–H and O–H groups in total. The lowest BCUT2D eigenvalue weighted by Crippen LogP contribution is -2.41. The molecule has 1 aliphatic heterocycles. The van der Waals surface area contributed by atoms with Gasteiger partial charge in [0, 0.05) is 13.1 Å². The van der Waals surface area contributed by atoms with E-state index < -0.39 is 0 Å². The molecule has 0 aliphatic carbocycles. The molecule has 5 heteroatoms. The Morgan fingerprint density at radius 3 is 2.67 bits per heavy atom. The van der Waals surface area contributed by atoms with Crippen LogP contribution in [0.15, 0.2) is 18.3 Å². The van der Waals surface area contributed by atoms with Crippen LogP contribution in [0.1, 0.15) is 30.3 Å². The van der Waals surface area contributed by atoms with Gasteiger partial charge >= 0.3 is 0 Å². The van der Waals surface area contributed by atoms with E-state index in [2.05, 4.69) is 4.98 Å². The average molecular weight is 249 g/mol. The van der Waals surface area contributed by atoms with Crippen LogP contribution in [0.4, 0.5) is 5.69 Å². The minimum Gasteiger partial charge on any atom is -0.397 e. The Labute approximate surface area is 107 Å². The molecule has 2 rings (SSSR count). The maximum Gasteiger partial charge on any atom is 0.272 e. The molecule has 18 heavy (non-hydrogen) atoms. The van der Waals surface area contributed by atoms with Crippen LogP contribution in [0.25, 0.3) is 0 Å². The first-order chi connectivity index (χ1) is 8.58. The molecular weight excluding hydrogens is 230 g/mol. The molecule has 0 spiro atoms. The second kappa shape index (κ2) is 5.35. The number of carbonyl (C=O) groups excluding carboxylic acids is 1. The van der Waals surface area contributed by atoms with Gasteiger partial charge < -0.3 is 15.7 Å². The summed E-state index contributed by atoms with van der Waals surface area (Å²) in [6, 6.07) is 3.33. The van der Waals surface area contributed by atoms with Gasteiger partial charge in [-0.3, -0.25) is 4.79 Å². The molecule has 1 unspecified atom stereocenters. The third-order valence-electron chi connectivity index (χ3n) is 3.51. The van der Waals surface area contributed by atoms with Crippen molar-refractivity contribution in [2.45, 2.75) is 25.9 Å². The summed E-state index contributed by atoms with van der Waals surface area (Å²) < 4.78 is 0. The monoisotopic (exact) mass is 249 g/mol. The zero-order valence-electron chi connectivity index (χ0n) is 10.5. The number of rotatable bonds is 2. The molecule has 0 bridgehead atoms. The summed E-state index contributed by atoms with van der Waals surface area (Å²) in [6.45, 7) is 3.17. The van der Waals surface area contributed by atoms with Gasteiger partial charge in [0.25, 0.3) is 5.91 Å². The second-order valence-corrected chi connectivity index (χ2v) is 4.85. The number of piperidine rings is 1. The lowest BCUT2D eigenvalue weighted by atomic mass is 9.92. The Balaban J connectivity index is 1.97. The van der Waals surface area contributed by atoms with Crippen LogP contribution in [-0.4, -0.2) is 40.1 Å². The third kappa shape index (κ3) is 2.79. The highest BCUT2D eigenvalue weighted by Crippen LogP contribution is 2.21. The number of hydrogen-bond donors (Lipinski definition) is 2. The summed E-state index contributed by atoms with van der Waals surface area (Å²) in [5.74, 6) is 0.243. The Bertz CT molecular complexity index is 409. The van der Waals surface area contributed by atoms with E-state index in [9.17, 15) is 9.90 Å². The average Bonchev–Trinajstić information content (AvgIpc) is 2.39. The minimum atomic E-state index is -0.295. The molecule has 5 nitrogen and oxygen atoms in total. The highest BCUT2D eigenvalue weighted by Gasteiger charge is 2.26. The van der Waals surface area contributed by atoms with Gasteiger partial charge in [0.15, 0.2) is 0 Å². The maximum absolute atomic E-state index is 12.1. The third-order valence-corrected chi connectivity index (χ3v) is 3.51. The number of nitrogen functional groups attached to an aromatic ring is 1. The number of hydrogen-bond acceptors (Lipinski definition) is 4. The summed E-state index contributed by atoms with van der Waals surface area (Å²) in [5.41, 5.74) is 6.53. The van der Waals surface area contributed by atoms with Crippen LogP contribution in [0.2, 0.25) is 0 Å². The van der Waals surface area contributed by atoms with E-state index in [1.54, 1.807) is 17.0 Å². The number of nitrogens with zero attached hydrogens (tertiary/aromatic N) is 2. The molecule has 98 valence electrons. The van der Waals surface area contributed by atoms with Crippen molar-refractivity contribution in [2.75, 3.05) is 18.8 Å². The van der Waals surface area contributed by atoms with E-state index in [-0.39, 0.29) is 12.0 Å². The van der Waals surface area contributed by atoms with E-state index in [4.69, 9.17) is 5.73 Å². The number of likely N-dealkylation sites (tertiary alicyclic amines) is 1. The van der Waals surface area contributed by atoms with E-state index in [0.29, 0.717) is 30.4 Å². The Morgan fingerprint density at radius 1 is 1.50 bits per heavy atom. The van der Waals surface area contributed by atoms with Gasteiger partial charge in [-0.05, 0) is 37.8 Å². The molecule has 1 aliphatic rings. The van der Waals surface area contributed by atoms with Crippen molar-refractivity contribution in [3.63, 3.8) is 0 Å². The summed E-state index contributed by atoms with van der Waals surface area (Å²) in [4.78, 5) is 18.0. The number of pyridine rings is 1. The lowest BCUT2D eigenvalue weighted by molar-refractivity contribution is 0.0517. The van der Waals surface area contributed by atoms with Crippen LogP contribution in [-0.2, 0) is 0 Å². The number of anilines is 1. The van der Waals surface area contributed by atoms with E-state index >= 15 is 0 Å². The van der Waals surface area contributed by atoms with Crippen molar-refractivity contribution in [3.05, 3.63) is 24.0 Å². The van der Waals surface area contributed by atoms with Gasteiger partial charge in [0.05, 0.1) is 18.0 Å². The molecule has 0 aromatic carbocycles. The number of amides is 1. The minimum absolute atomic E-state index is 0.0564. The Kier molecular flexibility index (Phi) is 3.81. The Hall–Kier alpha value is -1.62. The SMILES string of the molecule is CC(O)C1CCN(C(=O)c2ccc(N)cn2)CC1. The topological polar surface area (TPSA) is 79.5 Å². The molecule has 1 fully saturated rings. The highest BCUT2D eigenvalue weighted by atomic mass is 16.3. The van der Waals surface area contributed by atoms with Crippen LogP contribution in [0.5, 0.6) is 0 Å². The van der Waals surface area contributed by atoms with Gasteiger partial charge in [0.1, 0.15) is 5.69 Å². The molecule has 0 saturated carbocycles. The van der Waals surface area contributed by atoms with Crippen LogP contribution < -0.4 is 5.73 Å². The highest BCUT2D eigenvalue weighted by molar-refractivity contribution is 5.92. The van der Waals surface area contributed by atoms with Crippen molar-refractivity contribution >= 4 is 11.6 Å². The number of aliphatic hydroxyl groups excluding tert-OH is 1. The van der Waals surface area contributed by atoms with Gasteiger partial charge in [-0.25, -0.2) is 4.98 Å². The standard InChI is InChI=1S/C13H19N3O2/c1-9(17)10-4-6-16(7-5-10)13(18)12-3-2-11(14)8-15-12/h2-3,8-10,17H,4-7,14H2,1H3. The van der Waals surface area contributed by atoms with Crippen molar-refractivity contribution in [1.29, 1.82) is 0 Å². The van der Waals surface area contributed by atoms with E-state index in [0.717, 1.165) is 12.8 Å². The molecule has 1 atom stereocenters.